The average Bonchev–Trinajstić information content (AvgIpc) is 2.98. The average molecular weight is 277 g/mol. The van der Waals surface area contributed by atoms with E-state index in [9.17, 15) is 14.9 Å². The molecule has 0 spiro atoms. The number of esters is 1. The van der Waals surface area contributed by atoms with Crippen molar-refractivity contribution in [2.75, 3.05) is 13.1 Å². The van der Waals surface area contributed by atoms with Gasteiger partial charge in [0.05, 0.1) is 10.8 Å². The smallest absolute Gasteiger partial charge is 0.313 e. The van der Waals surface area contributed by atoms with Gasteiger partial charge in [0.25, 0.3) is 5.69 Å². The van der Waals surface area contributed by atoms with Crippen LogP contribution in [0.4, 0.5) is 5.69 Å². The first-order valence-corrected chi connectivity index (χ1v) is 6.52. The molecule has 1 radical (unpaired) electrons. The third-order valence-corrected chi connectivity index (χ3v) is 3.51. The quantitative estimate of drug-likeness (QED) is 0.504. The second-order valence-electron chi connectivity index (χ2n) is 4.87. The molecule has 1 aromatic rings. The van der Waals surface area contributed by atoms with Crippen molar-refractivity contribution in [1.29, 1.82) is 0 Å². The second kappa shape index (κ2) is 6.47. The lowest BCUT2D eigenvalue weighted by molar-refractivity contribution is -0.384. The molecule has 1 heterocycles. The Balaban J connectivity index is 1.84. The van der Waals surface area contributed by atoms with E-state index >= 15 is 0 Å². The first-order chi connectivity index (χ1) is 9.58. The van der Waals surface area contributed by atoms with E-state index in [0.29, 0.717) is 0 Å². The molecule has 1 aromatic carbocycles. The Labute approximate surface area is 117 Å². The van der Waals surface area contributed by atoms with Crippen LogP contribution in [-0.4, -0.2) is 24.0 Å². The summed E-state index contributed by atoms with van der Waals surface area (Å²) in [5, 5.41) is 13.7. The highest BCUT2D eigenvalue weighted by Gasteiger charge is 2.28. The van der Waals surface area contributed by atoms with Crippen molar-refractivity contribution in [1.82, 2.24) is 5.32 Å². The van der Waals surface area contributed by atoms with Crippen molar-refractivity contribution in [2.24, 2.45) is 5.92 Å². The Morgan fingerprint density at radius 2 is 2.15 bits per heavy atom. The monoisotopic (exact) mass is 277 g/mol. The minimum atomic E-state index is -0.458. The summed E-state index contributed by atoms with van der Waals surface area (Å²) in [4.78, 5) is 22.0. The normalized spacial score (nSPS) is 18.2. The number of nitrogens with zero attached hydrogens (tertiary/aromatic N) is 1. The third kappa shape index (κ3) is 3.54. The maximum atomic E-state index is 11.9. The Kier molecular flexibility index (Phi) is 4.68. The van der Waals surface area contributed by atoms with Crippen LogP contribution in [0, 0.1) is 22.0 Å². The number of carbonyl (C=O) groups excluding carboxylic acids is 1. The Morgan fingerprint density at radius 1 is 1.45 bits per heavy atom. The summed E-state index contributed by atoms with van der Waals surface area (Å²) in [7, 11) is 0. The molecule has 0 saturated carbocycles. The number of benzene rings is 1. The van der Waals surface area contributed by atoms with E-state index in [0.717, 1.165) is 31.0 Å². The van der Waals surface area contributed by atoms with Crippen LogP contribution in [-0.2, 0) is 16.1 Å². The number of ether oxygens (including phenoxy) is 1. The lowest BCUT2D eigenvalue weighted by atomic mass is 9.93. The number of nitrogens with one attached hydrogen (secondary N) is 1. The molecule has 0 aromatic heterocycles. The lowest BCUT2D eigenvalue weighted by Crippen LogP contribution is -2.23. The number of nitro benzene ring substituents is 1. The van der Waals surface area contributed by atoms with E-state index in [-0.39, 0.29) is 24.2 Å². The Morgan fingerprint density at radius 3 is 2.70 bits per heavy atom. The summed E-state index contributed by atoms with van der Waals surface area (Å²) in [6.07, 6.45) is 0.957. The molecule has 0 aliphatic carbocycles. The molecule has 2 rings (SSSR count). The molecule has 0 amide bonds. The first-order valence-electron chi connectivity index (χ1n) is 6.52. The summed E-state index contributed by atoms with van der Waals surface area (Å²) < 4.78 is 5.23. The molecule has 1 aliphatic rings. The van der Waals surface area contributed by atoms with Crippen molar-refractivity contribution in [3.63, 3.8) is 0 Å². The summed E-state index contributed by atoms with van der Waals surface area (Å²) in [5.74, 6) is 0.688. The van der Waals surface area contributed by atoms with Crippen LogP contribution in [0.2, 0.25) is 0 Å². The number of nitro groups is 1. The van der Waals surface area contributed by atoms with Gasteiger partial charge in [-0.1, -0.05) is 0 Å². The van der Waals surface area contributed by atoms with Gasteiger partial charge in [-0.3, -0.25) is 14.9 Å². The molecule has 107 valence electrons. The highest BCUT2D eigenvalue weighted by Crippen LogP contribution is 2.22. The van der Waals surface area contributed by atoms with Gasteiger partial charge in [-0.2, -0.15) is 0 Å². The molecule has 20 heavy (non-hydrogen) atoms. The SMILES string of the molecule is C[C](C(=O)OCc1ccc([N+](=O)[O-])cc1)C1CCNC1. The second-order valence-corrected chi connectivity index (χ2v) is 4.87. The highest BCUT2D eigenvalue weighted by molar-refractivity contribution is 5.84. The predicted molar refractivity (Wildman–Crippen MR) is 72.8 cm³/mol. The summed E-state index contributed by atoms with van der Waals surface area (Å²) in [5.41, 5.74) is 0.765. The molecule has 1 unspecified atom stereocenters. The predicted octanol–water partition coefficient (Wildman–Crippen LogP) is 1.84. The number of non-ortho nitro benzene ring substituents is 1. The molecule has 1 N–H and O–H groups in total. The number of hydrogen-bond donors (Lipinski definition) is 1. The zero-order chi connectivity index (χ0) is 14.5. The van der Waals surface area contributed by atoms with Crippen LogP contribution in [0.1, 0.15) is 18.9 Å². The zero-order valence-corrected chi connectivity index (χ0v) is 11.3. The molecule has 0 bridgehead atoms. The molecule has 1 atom stereocenters. The third-order valence-electron chi connectivity index (χ3n) is 3.51. The fraction of sp³-hybridized carbons (Fsp3) is 0.429. The number of carbonyl (C=O) groups is 1. The fourth-order valence-corrected chi connectivity index (χ4v) is 2.17. The summed E-state index contributed by atoms with van der Waals surface area (Å²) >= 11 is 0. The number of rotatable bonds is 5. The van der Waals surface area contributed by atoms with Gasteiger partial charge in [0.1, 0.15) is 6.61 Å². The van der Waals surface area contributed by atoms with Gasteiger partial charge < -0.3 is 10.1 Å². The minimum Gasteiger partial charge on any atom is -0.460 e. The van der Waals surface area contributed by atoms with Gasteiger partial charge in [-0.05, 0) is 50.0 Å². The maximum Gasteiger partial charge on any atom is 0.313 e. The highest BCUT2D eigenvalue weighted by atomic mass is 16.6. The maximum absolute atomic E-state index is 11.9. The zero-order valence-electron chi connectivity index (χ0n) is 11.3. The molecule has 6 nitrogen and oxygen atoms in total. The van der Waals surface area contributed by atoms with Crippen molar-refractivity contribution >= 4 is 11.7 Å². The van der Waals surface area contributed by atoms with E-state index in [2.05, 4.69) is 5.32 Å². The molecule has 1 fully saturated rings. The van der Waals surface area contributed by atoms with Crippen LogP contribution < -0.4 is 5.32 Å². The van der Waals surface area contributed by atoms with Crippen molar-refractivity contribution < 1.29 is 14.5 Å². The van der Waals surface area contributed by atoms with Gasteiger partial charge in [0.15, 0.2) is 0 Å². The largest absolute Gasteiger partial charge is 0.460 e. The van der Waals surface area contributed by atoms with E-state index in [1.165, 1.54) is 12.1 Å². The lowest BCUT2D eigenvalue weighted by Gasteiger charge is -2.16. The Hall–Kier alpha value is -1.95. The number of hydrogen-bond acceptors (Lipinski definition) is 5. The van der Waals surface area contributed by atoms with Crippen LogP contribution >= 0.6 is 0 Å². The van der Waals surface area contributed by atoms with E-state index in [1.54, 1.807) is 19.1 Å². The van der Waals surface area contributed by atoms with E-state index < -0.39 is 4.92 Å². The van der Waals surface area contributed by atoms with E-state index in [4.69, 9.17) is 4.74 Å². The standard InChI is InChI=1S/C14H17N2O4/c1-10(12-6-7-15-8-12)14(17)20-9-11-2-4-13(5-3-11)16(18)19/h2-5,12,15H,6-9H2,1H3. The van der Waals surface area contributed by atoms with Crippen LogP contribution in [0.5, 0.6) is 0 Å². The van der Waals surface area contributed by atoms with Gasteiger partial charge in [0.2, 0.25) is 0 Å². The minimum absolute atomic E-state index is 0.0276. The van der Waals surface area contributed by atoms with Crippen LogP contribution in [0.3, 0.4) is 0 Å². The van der Waals surface area contributed by atoms with Crippen molar-refractivity contribution in [2.45, 2.75) is 20.0 Å². The first kappa shape index (κ1) is 14.5. The fourth-order valence-electron chi connectivity index (χ4n) is 2.17. The van der Waals surface area contributed by atoms with Crippen molar-refractivity contribution in [3.8, 4) is 0 Å². The molecule has 1 saturated heterocycles. The summed E-state index contributed by atoms with van der Waals surface area (Å²) in [6, 6.07) is 6.00. The summed E-state index contributed by atoms with van der Waals surface area (Å²) in [6.45, 7) is 3.68. The molecular weight excluding hydrogens is 260 g/mol. The van der Waals surface area contributed by atoms with Gasteiger partial charge >= 0.3 is 5.97 Å². The van der Waals surface area contributed by atoms with Gasteiger partial charge in [0, 0.05) is 12.1 Å². The van der Waals surface area contributed by atoms with Crippen LogP contribution in [0.25, 0.3) is 0 Å². The topological polar surface area (TPSA) is 81.5 Å². The van der Waals surface area contributed by atoms with Gasteiger partial charge in [-0.25, -0.2) is 0 Å². The molecular formula is C14H17N2O4. The van der Waals surface area contributed by atoms with Crippen molar-refractivity contribution in [3.05, 3.63) is 45.9 Å². The Bertz CT molecular complexity index is 480. The molecule has 1 aliphatic heterocycles. The van der Waals surface area contributed by atoms with Gasteiger partial charge in [-0.15, -0.1) is 0 Å². The van der Waals surface area contributed by atoms with Crippen LogP contribution in [0.15, 0.2) is 24.3 Å². The molecule has 6 heteroatoms. The van der Waals surface area contributed by atoms with E-state index in [1.807, 2.05) is 0 Å².